The molecule has 3 aromatic carbocycles. The second-order valence-electron chi connectivity index (χ2n) is 8.47. The Hall–Kier alpha value is -3.07. The van der Waals surface area contributed by atoms with Crippen molar-refractivity contribution in [2.75, 3.05) is 17.4 Å². The smallest absolute Gasteiger partial charge is 0.264 e. The van der Waals surface area contributed by atoms with Gasteiger partial charge in [0.1, 0.15) is 12.6 Å². The number of hydrogen-bond donors (Lipinski definition) is 1. The number of nitrogens with one attached hydrogen (secondary N) is 1. The van der Waals surface area contributed by atoms with Crippen molar-refractivity contribution in [3.63, 3.8) is 0 Å². The number of nitrogens with zero attached hydrogens (tertiary/aromatic N) is 2. The Morgan fingerprint density at radius 1 is 0.946 bits per heavy atom. The van der Waals surface area contributed by atoms with Gasteiger partial charge in [0.25, 0.3) is 10.0 Å². The lowest BCUT2D eigenvalue weighted by Gasteiger charge is -2.32. The zero-order chi connectivity index (χ0) is 27.2. The molecule has 1 atom stereocenters. The molecule has 10 heteroatoms. The van der Waals surface area contributed by atoms with Gasteiger partial charge in [0, 0.05) is 23.1 Å². The van der Waals surface area contributed by atoms with Gasteiger partial charge in [0.15, 0.2) is 0 Å². The first-order valence-electron chi connectivity index (χ1n) is 11.7. The number of amides is 2. The van der Waals surface area contributed by atoms with Crippen LogP contribution in [0.5, 0.6) is 0 Å². The largest absolute Gasteiger partial charge is 0.355 e. The van der Waals surface area contributed by atoms with E-state index < -0.39 is 28.5 Å². The average Bonchev–Trinajstić information content (AvgIpc) is 2.88. The van der Waals surface area contributed by atoms with E-state index in [0.29, 0.717) is 22.2 Å². The Balaban J connectivity index is 2.05. The van der Waals surface area contributed by atoms with Crippen LogP contribution in [0.3, 0.4) is 0 Å². The summed E-state index contributed by atoms with van der Waals surface area (Å²) in [5.74, 6) is -0.895. The summed E-state index contributed by atoms with van der Waals surface area (Å²) in [6, 6.07) is 18.8. The Labute approximate surface area is 228 Å². The van der Waals surface area contributed by atoms with Crippen molar-refractivity contribution in [3.05, 3.63) is 94.0 Å². The van der Waals surface area contributed by atoms with E-state index in [1.165, 1.54) is 23.1 Å². The van der Waals surface area contributed by atoms with E-state index in [0.717, 1.165) is 9.87 Å². The molecular weight excluding hydrogens is 533 g/mol. The van der Waals surface area contributed by atoms with E-state index in [-0.39, 0.29) is 23.0 Å². The van der Waals surface area contributed by atoms with E-state index in [2.05, 4.69) is 5.32 Å². The van der Waals surface area contributed by atoms with Crippen molar-refractivity contribution < 1.29 is 18.0 Å². The van der Waals surface area contributed by atoms with Gasteiger partial charge in [-0.05, 0) is 68.3 Å². The van der Waals surface area contributed by atoms with Gasteiger partial charge in [-0.15, -0.1) is 0 Å². The van der Waals surface area contributed by atoms with Gasteiger partial charge in [-0.3, -0.25) is 13.9 Å². The van der Waals surface area contributed by atoms with Gasteiger partial charge in [0.05, 0.1) is 10.6 Å². The zero-order valence-electron chi connectivity index (χ0n) is 20.8. The highest BCUT2D eigenvalue weighted by Crippen LogP contribution is 2.30. The van der Waals surface area contributed by atoms with Crippen molar-refractivity contribution in [3.8, 4) is 0 Å². The van der Waals surface area contributed by atoms with Crippen LogP contribution in [-0.4, -0.2) is 44.3 Å². The van der Waals surface area contributed by atoms with Crippen LogP contribution in [0, 0.1) is 6.92 Å². The number of carbonyl (C=O) groups excluding carboxylic acids is 2. The molecule has 0 fully saturated rings. The second kappa shape index (κ2) is 12.4. The van der Waals surface area contributed by atoms with Gasteiger partial charge >= 0.3 is 0 Å². The summed E-state index contributed by atoms with van der Waals surface area (Å²) >= 11 is 12.2. The lowest BCUT2D eigenvalue weighted by atomic mass is 10.1. The third kappa shape index (κ3) is 7.03. The van der Waals surface area contributed by atoms with E-state index >= 15 is 0 Å². The van der Waals surface area contributed by atoms with Crippen LogP contribution >= 0.6 is 23.2 Å². The van der Waals surface area contributed by atoms with Crippen molar-refractivity contribution in [2.24, 2.45) is 0 Å². The summed E-state index contributed by atoms with van der Waals surface area (Å²) in [4.78, 5) is 27.9. The fourth-order valence-corrected chi connectivity index (χ4v) is 5.56. The molecule has 37 heavy (non-hydrogen) atoms. The molecule has 0 aliphatic carbocycles. The van der Waals surface area contributed by atoms with Crippen LogP contribution < -0.4 is 9.62 Å². The molecule has 0 bridgehead atoms. The molecule has 0 saturated carbocycles. The number of halogens is 2. The number of anilines is 1. The average molecular weight is 563 g/mol. The van der Waals surface area contributed by atoms with Crippen LogP contribution in [0.2, 0.25) is 10.0 Å². The highest BCUT2D eigenvalue weighted by atomic mass is 35.5. The number of hydrogen-bond acceptors (Lipinski definition) is 4. The quantitative estimate of drug-likeness (QED) is 0.375. The van der Waals surface area contributed by atoms with Crippen LogP contribution in [-0.2, 0) is 26.2 Å². The van der Waals surface area contributed by atoms with Crippen molar-refractivity contribution in [1.29, 1.82) is 0 Å². The Bertz CT molecular complexity index is 1350. The molecule has 1 N–H and O–H groups in total. The van der Waals surface area contributed by atoms with Crippen molar-refractivity contribution >= 4 is 50.7 Å². The van der Waals surface area contributed by atoms with Crippen molar-refractivity contribution in [1.82, 2.24) is 10.2 Å². The van der Waals surface area contributed by atoms with E-state index in [1.54, 1.807) is 75.4 Å². The monoisotopic (exact) mass is 561 g/mol. The fraction of sp³-hybridized carbons (Fsp3) is 0.259. The number of benzene rings is 3. The van der Waals surface area contributed by atoms with Gasteiger partial charge < -0.3 is 10.2 Å². The number of likely N-dealkylation sites (N-methyl/N-ethyl adjacent to an activating group) is 1. The highest BCUT2D eigenvalue weighted by molar-refractivity contribution is 7.92. The molecule has 3 aromatic rings. The normalized spacial score (nSPS) is 12.0. The van der Waals surface area contributed by atoms with Crippen LogP contribution in [0.1, 0.15) is 25.0 Å². The Morgan fingerprint density at radius 2 is 1.57 bits per heavy atom. The summed E-state index contributed by atoms with van der Waals surface area (Å²) in [7, 11) is -4.15. The van der Waals surface area contributed by atoms with Gasteiger partial charge in [-0.2, -0.15) is 0 Å². The van der Waals surface area contributed by atoms with Crippen LogP contribution in [0.15, 0.2) is 77.7 Å². The SMILES string of the molecule is CCNC(=O)C(C)N(Cc1ccc(Cl)cc1)C(=O)CN(c1cc(Cl)ccc1C)S(=O)(=O)c1ccccc1. The Kier molecular flexibility index (Phi) is 9.59. The minimum Gasteiger partial charge on any atom is -0.355 e. The number of carbonyl (C=O) groups is 2. The molecule has 0 saturated heterocycles. The maximum absolute atomic E-state index is 13.8. The maximum Gasteiger partial charge on any atom is 0.264 e. The summed E-state index contributed by atoms with van der Waals surface area (Å²) in [5.41, 5.74) is 1.64. The van der Waals surface area contributed by atoms with E-state index in [4.69, 9.17) is 23.2 Å². The minimum absolute atomic E-state index is 0.0307. The van der Waals surface area contributed by atoms with E-state index in [1.807, 2.05) is 0 Å². The van der Waals surface area contributed by atoms with Crippen LogP contribution in [0.25, 0.3) is 0 Å². The van der Waals surface area contributed by atoms with Gasteiger partial charge in [-0.25, -0.2) is 8.42 Å². The maximum atomic E-state index is 13.8. The third-order valence-corrected chi connectivity index (χ3v) is 8.10. The predicted molar refractivity (Wildman–Crippen MR) is 147 cm³/mol. The minimum atomic E-state index is -4.15. The summed E-state index contributed by atoms with van der Waals surface area (Å²) in [5, 5.41) is 3.60. The predicted octanol–water partition coefficient (Wildman–Crippen LogP) is 5.05. The first kappa shape index (κ1) is 28.5. The second-order valence-corrected chi connectivity index (χ2v) is 11.2. The molecular formula is C27H29Cl2N3O4S. The van der Waals surface area contributed by atoms with Gasteiger partial charge in [0.2, 0.25) is 11.8 Å². The molecule has 196 valence electrons. The molecule has 0 radical (unpaired) electrons. The molecule has 0 spiro atoms. The number of aryl methyl sites for hydroxylation is 1. The summed E-state index contributed by atoms with van der Waals surface area (Å²) in [6.07, 6.45) is 0. The zero-order valence-corrected chi connectivity index (χ0v) is 23.1. The number of rotatable bonds is 10. The summed E-state index contributed by atoms with van der Waals surface area (Å²) < 4.78 is 28.6. The lowest BCUT2D eigenvalue weighted by Crippen LogP contribution is -2.51. The molecule has 2 amide bonds. The first-order valence-corrected chi connectivity index (χ1v) is 13.9. The fourth-order valence-electron chi connectivity index (χ4n) is 3.78. The Morgan fingerprint density at radius 3 is 2.19 bits per heavy atom. The first-order chi connectivity index (χ1) is 17.5. The molecule has 0 heterocycles. The molecule has 7 nitrogen and oxygen atoms in total. The summed E-state index contributed by atoms with van der Waals surface area (Å²) in [6.45, 7) is 5.08. The van der Waals surface area contributed by atoms with Crippen molar-refractivity contribution in [2.45, 2.75) is 38.3 Å². The lowest BCUT2D eigenvalue weighted by molar-refractivity contribution is -0.139. The van der Waals surface area contributed by atoms with E-state index in [9.17, 15) is 18.0 Å². The molecule has 1 unspecified atom stereocenters. The third-order valence-electron chi connectivity index (χ3n) is 5.83. The standard InChI is InChI=1S/C27H29Cl2N3O4S/c1-4-30-27(34)20(3)31(17-21-11-14-22(28)15-12-21)26(33)18-32(25-16-23(29)13-10-19(25)2)37(35,36)24-8-6-5-7-9-24/h5-16,20H,4,17-18H2,1-3H3,(H,30,34). The molecule has 3 rings (SSSR count). The highest BCUT2D eigenvalue weighted by Gasteiger charge is 2.33. The van der Waals surface area contributed by atoms with Gasteiger partial charge in [-0.1, -0.05) is 59.6 Å². The van der Waals surface area contributed by atoms with Crippen LogP contribution in [0.4, 0.5) is 5.69 Å². The molecule has 0 aliphatic rings. The molecule has 0 aliphatic heterocycles. The topological polar surface area (TPSA) is 86.8 Å². The molecule has 0 aromatic heterocycles. The number of sulfonamides is 1.